The van der Waals surface area contributed by atoms with Gasteiger partial charge < -0.3 is 5.32 Å². The lowest BCUT2D eigenvalue weighted by Crippen LogP contribution is -2.35. The van der Waals surface area contributed by atoms with E-state index in [1.807, 2.05) is 56.3 Å². The standard InChI is InChI=1S/C18H21NO/c1-14-8-10-17(11-9-14)18(20)15(2)19-13-12-16-6-4-3-5-7-16/h3-11,15,19H,12-13H2,1-2H3. The quantitative estimate of drug-likeness (QED) is 0.813. The van der Waals surface area contributed by atoms with Gasteiger partial charge in [-0.25, -0.2) is 0 Å². The molecule has 0 spiro atoms. The molecule has 1 unspecified atom stereocenters. The fourth-order valence-corrected chi connectivity index (χ4v) is 2.14. The number of hydrogen-bond acceptors (Lipinski definition) is 2. The molecule has 0 aliphatic heterocycles. The maximum atomic E-state index is 12.2. The number of carbonyl (C=O) groups excluding carboxylic acids is 1. The number of nitrogens with one attached hydrogen (secondary N) is 1. The minimum absolute atomic E-state index is 0.151. The lowest BCUT2D eigenvalue weighted by molar-refractivity contribution is 0.0951. The largest absolute Gasteiger partial charge is 0.307 e. The second-order valence-electron chi connectivity index (χ2n) is 5.14. The Morgan fingerprint density at radius 3 is 2.35 bits per heavy atom. The smallest absolute Gasteiger partial charge is 0.179 e. The van der Waals surface area contributed by atoms with Gasteiger partial charge in [-0.1, -0.05) is 60.2 Å². The topological polar surface area (TPSA) is 29.1 Å². The Labute approximate surface area is 120 Å². The molecule has 0 aliphatic carbocycles. The normalized spacial score (nSPS) is 12.1. The van der Waals surface area contributed by atoms with Crippen molar-refractivity contribution in [2.24, 2.45) is 0 Å². The van der Waals surface area contributed by atoms with E-state index in [2.05, 4.69) is 17.4 Å². The average molecular weight is 267 g/mol. The van der Waals surface area contributed by atoms with Crippen LogP contribution in [0.4, 0.5) is 0 Å². The van der Waals surface area contributed by atoms with E-state index in [0.717, 1.165) is 18.5 Å². The fraction of sp³-hybridized carbons (Fsp3) is 0.278. The molecule has 104 valence electrons. The van der Waals surface area contributed by atoms with Gasteiger partial charge >= 0.3 is 0 Å². The third kappa shape index (κ3) is 4.04. The first kappa shape index (κ1) is 14.5. The molecule has 2 aromatic rings. The summed E-state index contributed by atoms with van der Waals surface area (Å²) in [5.74, 6) is 0.151. The highest BCUT2D eigenvalue weighted by molar-refractivity contribution is 5.99. The summed E-state index contributed by atoms with van der Waals surface area (Å²) in [6.07, 6.45) is 0.937. The number of Topliss-reactive ketones (excluding diaryl/α,β-unsaturated/α-hetero) is 1. The van der Waals surface area contributed by atoms with Crippen molar-refractivity contribution in [3.63, 3.8) is 0 Å². The zero-order valence-electron chi connectivity index (χ0n) is 12.1. The number of rotatable bonds is 6. The molecule has 1 atom stereocenters. The molecule has 0 saturated heterocycles. The maximum absolute atomic E-state index is 12.2. The van der Waals surface area contributed by atoms with Crippen molar-refractivity contribution < 1.29 is 4.79 Å². The minimum Gasteiger partial charge on any atom is -0.307 e. The van der Waals surface area contributed by atoms with E-state index in [1.165, 1.54) is 11.1 Å². The lowest BCUT2D eigenvalue weighted by atomic mass is 10.0. The number of carbonyl (C=O) groups is 1. The van der Waals surface area contributed by atoms with Crippen LogP contribution in [0.1, 0.15) is 28.4 Å². The molecule has 0 fully saturated rings. The van der Waals surface area contributed by atoms with Gasteiger partial charge in [-0.3, -0.25) is 4.79 Å². The van der Waals surface area contributed by atoms with E-state index in [-0.39, 0.29) is 11.8 Å². The molecule has 2 rings (SSSR count). The molecule has 20 heavy (non-hydrogen) atoms. The van der Waals surface area contributed by atoms with Crippen LogP contribution in [0.15, 0.2) is 54.6 Å². The number of ketones is 1. The summed E-state index contributed by atoms with van der Waals surface area (Å²) < 4.78 is 0. The first-order valence-electron chi connectivity index (χ1n) is 7.05. The van der Waals surface area contributed by atoms with Crippen LogP contribution < -0.4 is 5.32 Å². The summed E-state index contributed by atoms with van der Waals surface area (Å²) >= 11 is 0. The van der Waals surface area contributed by atoms with Crippen LogP contribution in [-0.2, 0) is 6.42 Å². The molecule has 2 nitrogen and oxygen atoms in total. The highest BCUT2D eigenvalue weighted by Crippen LogP contribution is 2.06. The molecule has 0 saturated carbocycles. The zero-order valence-corrected chi connectivity index (χ0v) is 12.1. The van der Waals surface area contributed by atoms with E-state index in [1.54, 1.807) is 0 Å². The van der Waals surface area contributed by atoms with Gasteiger partial charge in [0.2, 0.25) is 0 Å². The molecule has 1 N–H and O–H groups in total. The van der Waals surface area contributed by atoms with Gasteiger partial charge in [0.1, 0.15) is 0 Å². The van der Waals surface area contributed by atoms with Crippen LogP contribution >= 0.6 is 0 Å². The Hall–Kier alpha value is -1.93. The zero-order chi connectivity index (χ0) is 14.4. The van der Waals surface area contributed by atoms with Gasteiger partial charge in [-0.2, -0.15) is 0 Å². The van der Waals surface area contributed by atoms with Crippen LogP contribution in [0.25, 0.3) is 0 Å². The van der Waals surface area contributed by atoms with E-state index in [0.29, 0.717) is 0 Å². The van der Waals surface area contributed by atoms with Crippen molar-refractivity contribution in [1.82, 2.24) is 5.32 Å². The Balaban J connectivity index is 1.84. The van der Waals surface area contributed by atoms with E-state index >= 15 is 0 Å². The summed E-state index contributed by atoms with van der Waals surface area (Å²) in [6, 6.07) is 17.9. The summed E-state index contributed by atoms with van der Waals surface area (Å²) in [5, 5.41) is 3.29. The van der Waals surface area contributed by atoms with Crippen LogP contribution in [0.5, 0.6) is 0 Å². The third-order valence-electron chi connectivity index (χ3n) is 3.44. The third-order valence-corrected chi connectivity index (χ3v) is 3.44. The van der Waals surface area contributed by atoms with Crippen LogP contribution in [0.2, 0.25) is 0 Å². The second kappa shape index (κ2) is 7.01. The van der Waals surface area contributed by atoms with Gasteiger partial charge in [0, 0.05) is 5.56 Å². The Morgan fingerprint density at radius 2 is 1.70 bits per heavy atom. The SMILES string of the molecule is Cc1ccc(C(=O)C(C)NCCc2ccccc2)cc1. The molecular weight excluding hydrogens is 246 g/mol. The van der Waals surface area contributed by atoms with Gasteiger partial charge in [-0.05, 0) is 32.4 Å². The predicted octanol–water partition coefficient (Wildman–Crippen LogP) is 3.40. The van der Waals surface area contributed by atoms with Crippen LogP contribution in [0, 0.1) is 6.92 Å². The molecule has 2 aromatic carbocycles. The maximum Gasteiger partial charge on any atom is 0.179 e. The van der Waals surface area contributed by atoms with Crippen molar-refractivity contribution in [3.8, 4) is 0 Å². The van der Waals surface area contributed by atoms with Crippen LogP contribution in [0.3, 0.4) is 0 Å². The van der Waals surface area contributed by atoms with Crippen molar-refractivity contribution in [3.05, 3.63) is 71.3 Å². The predicted molar refractivity (Wildman–Crippen MR) is 83.1 cm³/mol. The van der Waals surface area contributed by atoms with E-state index in [4.69, 9.17) is 0 Å². The number of aryl methyl sites for hydroxylation is 1. The van der Waals surface area contributed by atoms with E-state index < -0.39 is 0 Å². The molecule has 0 radical (unpaired) electrons. The van der Waals surface area contributed by atoms with Crippen molar-refractivity contribution in [2.75, 3.05) is 6.54 Å². The molecule has 0 amide bonds. The second-order valence-corrected chi connectivity index (χ2v) is 5.14. The average Bonchev–Trinajstić information content (AvgIpc) is 2.48. The number of benzene rings is 2. The first-order valence-corrected chi connectivity index (χ1v) is 7.05. The fourth-order valence-electron chi connectivity index (χ4n) is 2.14. The van der Waals surface area contributed by atoms with E-state index in [9.17, 15) is 4.79 Å². The van der Waals surface area contributed by atoms with Crippen molar-refractivity contribution >= 4 is 5.78 Å². The molecular formula is C18H21NO. The van der Waals surface area contributed by atoms with Crippen molar-refractivity contribution in [2.45, 2.75) is 26.3 Å². The highest BCUT2D eigenvalue weighted by Gasteiger charge is 2.13. The summed E-state index contributed by atoms with van der Waals surface area (Å²) in [6.45, 7) is 4.76. The molecule has 0 bridgehead atoms. The Bertz CT molecular complexity index is 545. The van der Waals surface area contributed by atoms with Gasteiger partial charge in [-0.15, -0.1) is 0 Å². The van der Waals surface area contributed by atoms with Crippen LogP contribution in [-0.4, -0.2) is 18.4 Å². The summed E-state index contributed by atoms with van der Waals surface area (Å²) in [4.78, 5) is 12.2. The lowest BCUT2D eigenvalue weighted by Gasteiger charge is -2.13. The van der Waals surface area contributed by atoms with Crippen molar-refractivity contribution in [1.29, 1.82) is 0 Å². The van der Waals surface area contributed by atoms with Gasteiger partial charge in [0.25, 0.3) is 0 Å². The van der Waals surface area contributed by atoms with Gasteiger partial charge in [0.15, 0.2) is 5.78 Å². The monoisotopic (exact) mass is 267 g/mol. The Kier molecular flexibility index (Phi) is 5.08. The highest BCUT2D eigenvalue weighted by atomic mass is 16.1. The molecule has 0 heterocycles. The first-order chi connectivity index (χ1) is 9.66. The molecule has 0 aromatic heterocycles. The Morgan fingerprint density at radius 1 is 1.05 bits per heavy atom. The summed E-state index contributed by atoms with van der Waals surface area (Å²) in [5.41, 5.74) is 3.23. The summed E-state index contributed by atoms with van der Waals surface area (Å²) in [7, 11) is 0. The van der Waals surface area contributed by atoms with Gasteiger partial charge in [0.05, 0.1) is 6.04 Å². The molecule has 0 aliphatic rings. The molecule has 2 heteroatoms. The minimum atomic E-state index is -0.151. The number of hydrogen-bond donors (Lipinski definition) is 1.